The minimum atomic E-state index is -3.79. The van der Waals surface area contributed by atoms with Gasteiger partial charge in [-0.2, -0.15) is 0 Å². The molecule has 0 unspecified atom stereocenters. The van der Waals surface area contributed by atoms with Crippen molar-refractivity contribution in [3.8, 4) is 11.5 Å². The standard InChI is InChI=1S/C22H23NO4S/c1-17-9-7-8-12-22(17)28(24,25)23(16-18-10-5-4-6-11-18)19-13-14-20(26-2)21(15-19)27-3/h4-15H,16H2,1-3H3. The van der Waals surface area contributed by atoms with E-state index in [1.54, 1.807) is 50.4 Å². The number of anilines is 1. The molecule has 0 aliphatic rings. The van der Waals surface area contributed by atoms with Crippen molar-refractivity contribution in [1.29, 1.82) is 0 Å². The van der Waals surface area contributed by atoms with Gasteiger partial charge in [0.15, 0.2) is 11.5 Å². The van der Waals surface area contributed by atoms with E-state index in [4.69, 9.17) is 9.47 Å². The van der Waals surface area contributed by atoms with E-state index in [1.165, 1.54) is 11.4 Å². The second-order valence-electron chi connectivity index (χ2n) is 6.30. The van der Waals surface area contributed by atoms with Gasteiger partial charge in [0.25, 0.3) is 10.0 Å². The molecule has 0 spiro atoms. The Morgan fingerprint density at radius 3 is 2.11 bits per heavy atom. The number of aryl methyl sites for hydroxylation is 1. The van der Waals surface area contributed by atoms with Crippen molar-refractivity contribution in [3.05, 3.63) is 83.9 Å². The molecule has 0 aliphatic carbocycles. The molecule has 3 rings (SSSR count). The van der Waals surface area contributed by atoms with Gasteiger partial charge >= 0.3 is 0 Å². The first kappa shape index (κ1) is 19.8. The first-order valence-corrected chi connectivity index (χ1v) is 10.3. The molecule has 0 bridgehead atoms. The van der Waals surface area contributed by atoms with Crippen molar-refractivity contribution >= 4 is 15.7 Å². The maximum atomic E-state index is 13.6. The van der Waals surface area contributed by atoms with E-state index in [-0.39, 0.29) is 11.4 Å². The molecule has 3 aromatic carbocycles. The van der Waals surface area contributed by atoms with Crippen LogP contribution in [0.3, 0.4) is 0 Å². The number of sulfonamides is 1. The Hall–Kier alpha value is -2.99. The molecule has 0 aliphatic heterocycles. The molecule has 0 saturated carbocycles. The zero-order chi connectivity index (χ0) is 20.1. The van der Waals surface area contributed by atoms with Crippen LogP contribution >= 0.6 is 0 Å². The van der Waals surface area contributed by atoms with Gasteiger partial charge < -0.3 is 9.47 Å². The van der Waals surface area contributed by atoms with Gasteiger partial charge in [0, 0.05) is 6.07 Å². The summed E-state index contributed by atoms with van der Waals surface area (Å²) in [7, 11) is -0.719. The van der Waals surface area contributed by atoms with E-state index in [0.717, 1.165) is 5.56 Å². The Balaban J connectivity index is 2.14. The molecule has 28 heavy (non-hydrogen) atoms. The van der Waals surface area contributed by atoms with Crippen molar-refractivity contribution < 1.29 is 17.9 Å². The molecule has 0 fully saturated rings. The number of nitrogens with zero attached hydrogens (tertiary/aromatic N) is 1. The van der Waals surface area contributed by atoms with Gasteiger partial charge in [0.1, 0.15) is 0 Å². The molecule has 0 atom stereocenters. The van der Waals surface area contributed by atoms with Gasteiger partial charge in [-0.15, -0.1) is 0 Å². The summed E-state index contributed by atoms with van der Waals surface area (Å²) in [4.78, 5) is 0.278. The Labute approximate surface area is 166 Å². The van der Waals surface area contributed by atoms with Crippen molar-refractivity contribution in [2.24, 2.45) is 0 Å². The molecular formula is C22H23NO4S. The summed E-state index contributed by atoms with van der Waals surface area (Å²) in [6.07, 6.45) is 0. The lowest BCUT2D eigenvalue weighted by Gasteiger charge is -2.26. The zero-order valence-electron chi connectivity index (χ0n) is 16.1. The molecule has 6 heteroatoms. The highest BCUT2D eigenvalue weighted by Crippen LogP contribution is 2.35. The van der Waals surface area contributed by atoms with Crippen LogP contribution in [0, 0.1) is 6.92 Å². The molecule has 3 aromatic rings. The average Bonchev–Trinajstić information content (AvgIpc) is 2.72. The monoisotopic (exact) mass is 397 g/mol. The normalized spacial score (nSPS) is 11.1. The number of benzene rings is 3. The van der Waals surface area contributed by atoms with Crippen molar-refractivity contribution in [3.63, 3.8) is 0 Å². The fourth-order valence-electron chi connectivity index (χ4n) is 3.01. The summed E-state index contributed by atoms with van der Waals surface area (Å²) in [5.41, 5.74) is 2.08. The lowest BCUT2D eigenvalue weighted by molar-refractivity contribution is 0.355. The second kappa shape index (κ2) is 8.35. The molecule has 0 aromatic heterocycles. The van der Waals surface area contributed by atoms with Crippen molar-refractivity contribution in [1.82, 2.24) is 0 Å². The quantitative estimate of drug-likeness (QED) is 0.593. The molecule has 0 radical (unpaired) electrons. The fraction of sp³-hybridized carbons (Fsp3) is 0.182. The topological polar surface area (TPSA) is 55.8 Å². The number of methoxy groups -OCH3 is 2. The van der Waals surface area contributed by atoms with Crippen LogP contribution in [-0.4, -0.2) is 22.6 Å². The van der Waals surface area contributed by atoms with Gasteiger partial charge in [-0.05, 0) is 36.2 Å². The zero-order valence-corrected chi connectivity index (χ0v) is 16.9. The summed E-state index contributed by atoms with van der Waals surface area (Å²) < 4.78 is 39.2. The number of hydrogen-bond donors (Lipinski definition) is 0. The SMILES string of the molecule is COc1ccc(N(Cc2ccccc2)S(=O)(=O)c2ccccc2C)cc1OC. The predicted molar refractivity (Wildman–Crippen MR) is 111 cm³/mol. The Morgan fingerprint density at radius 2 is 1.46 bits per heavy atom. The smallest absolute Gasteiger partial charge is 0.264 e. The minimum absolute atomic E-state index is 0.201. The molecule has 5 nitrogen and oxygen atoms in total. The highest BCUT2D eigenvalue weighted by Gasteiger charge is 2.27. The van der Waals surface area contributed by atoms with Crippen LogP contribution in [0.4, 0.5) is 5.69 Å². The molecule has 0 amide bonds. The van der Waals surface area contributed by atoms with E-state index in [2.05, 4.69) is 0 Å². The first-order valence-electron chi connectivity index (χ1n) is 8.81. The summed E-state index contributed by atoms with van der Waals surface area (Å²) in [6, 6.07) is 21.6. The van der Waals surface area contributed by atoms with E-state index in [0.29, 0.717) is 22.7 Å². The molecule has 0 heterocycles. The Bertz CT molecular complexity index is 1050. The summed E-state index contributed by atoms with van der Waals surface area (Å²) in [6.45, 7) is 2.00. The van der Waals surface area contributed by atoms with Crippen molar-refractivity contribution in [2.45, 2.75) is 18.4 Å². The number of rotatable bonds is 7. The third kappa shape index (κ3) is 3.97. The minimum Gasteiger partial charge on any atom is -0.493 e. The van der Waals surface area contributed by atoms with Gasteiger partial charge in [0.05, 0.1) is 31.3 Å². The molecular weight excluding hydrogens is 374 g/mol. The molecule has 0 saturated heterocycles. The summed E-state index contributed by atoms with van der Waals surface area (Å²) in [5, 5.41) is 0. The van der Waals surface area contributed by atoms with Crippen LogP contribution < -0.4 is 13.8 Å². The van der Waals surface area contributed by atoms with Gasteiger partial charge in [-0.25, -0.2) is 8.42 Å². The predicted octanol–water partition coefficient (Wildman–Crippen LogP) is 4.41. The van der Waals surface area contributed by atoms with Gasteiger partial charge in [0.2, 0.25) is 0 Å². The van der Waals surface area contributed by atoms with Crippen LogP contribution in [0.15, 0.2) is 77.7 Å². The van der Waals surface area contributed by atoms with Crippen LogP contribution in [0.2, 0.25) is 0 Å². The van der Waals surface area contributed by atoms with Gasteiger partial charge in [-0.3, -0.25) is 4.31 Å². The average molecular weight is 397 g/mol. The third-order valence-corrected chi connectivity index (χ3v) is 6.42. The maximum absolute atomic E-state index is 13.6. The summed E-state index contributed by atoms with van der Waals surface area (Å²) in [5.74, 6) is 1.01. The van der Waals surface area contributed by atoms with Crippen LogP contribution in [0.25, 0.3) is 0 Å². The Kier molecular flexibility index (Phi) is 5.90. The first-order chi connectivity index (χ1) is 13.5. The lowest BCUT2D eigenvalue weighted by atomic mass is 10.2. The molecule has 146 valence electrons. The second-order valence-corrected chi connectivity index (χ2v) is 8.13. The highest BCUT2D eigenvalue weighted by molar-refractivity contribution is 7.92. The van der Waals surface area contributed by atoms with Gasteiger partial charge in [-0.1, -0.05) is 48.5 Å². The number of hydrogen-bond acceptors (Lipinski definition) is 4. The largest absolute Gasteiger partial charge is 0.493 e. The lowest BCUT2D eigenvalue weighted by Crippen LogP contribution is -2.31. The highest BCUT2D eigenvalue weighted by atomic mass is 32.2. The van der Waals surface area contributed by atoms with E-state index < -0.39 is 10.0 Å². The fourth-order valence-corrected chi connectivity index (χ4v) is 4.68. The molecule has 0 N–H and O–H groups in total. The van der Waals surface area contributed by atoms with E-state index >= 15 is 0 Å². The van der Waals surface area contributed by atoms with Crippen molar-refractivity contribution in [2.75, 3.05) is 18.5 Å². The third-order valence-electron chi connectivity index (χ3n) is 4.49. The maximum Gasteiger partial charge on any atom is 0.264 e. The van der Waals surface area contributed by atoms with E-state index in [9.17, 15) is 8.42 Å². The van der Waals surface area contributed by atoms with Crippen LogP contribution in [-0.2, 0) is 16.6 Å². The van der Waals surface area contributed by atoms with Crippen LogP contribution in [0.1, 0.15) is 11.1 Å². The Morgan fingerprint density at radius 1 is 0.821 bits per heavy atom. The number of ether oxygens (including phenoxy) is 2. The van der Waals surface area contributed by atoms with E-state index in [1.807, 2.05) is 36.4 Å². The summed E-state index contributed by atoms with van der Waals surface area (Å²) >= 11 is 0. The van der Waals surface area contributed by atoms with Crippen LogP contribution in [0.5, 0.6) is 11.5 Å².